The Morgan fingerprint density at radius 1 is 2.00 bits per heavy atom. The molecule has 0 heterocycles. The zero-order valence-electron chi connectivity index (χ0n) is 4.11. The number of hydrogen-bond donors (Lipinski definition) is 2. The number of nitrogens with zero attached hydrogens (tertiary/aromatic N) is 1. The summed E-state index contributed by atoms with van der Waals surface area (Å²) in [5.74, 6) is 0.419. The van der Waals surface area contributed by atoms with E-state index in [1.54, 1.807) is 0 Å². The van der Waals surface area contributed by atoms with E-state index >= 15 is 0 Å². The highest BCUT2D eigenvalue weighted by Gasteiger charge is 1.77. The summed E-state index contributed by atoms with van der Waals surface area (Å²) in [7, 11) is 0. The zero-order chi connectivity index (χ0) is 5.70. The predicted octanol–water partition coefficient (Wildman–Crippen LogP) is 0.221. The maximum absolute atomic E-state index is 5.18. The minimum absolute atomic E-state index is 0.419. The van der Waals surface area contributed by atoms with Crippen molar-refractivity contribution >= 4 is 22.1 Å². The molecule has 0 aromatic rings. The molecule has 0 radical (unpaired) electrons. The van der Waals surface area contributed by atoms with Gasteiger partial charge in [0.1, 0.15) is 0 Å². The third-order valence-corrected chi connectivity index (χ3v) is 0.832. The van der Waals surface area contributed by atoms with E-state index in [1.165, 1.54) is 0 Å². The molecule has 7 heavy (non-hydrogen) atoms. The zero-order valence-corrected chi connectivity index (χ0v) is 5.70. The van der Waals surface area contributed by atoms with Crippen molar-refractivity contribution in [1.82, 2.24) is 4.34 Å². The van der Waals surface area contributed by atoms with Crippen molar-refractivity contribution in [2.24, 2.45) is 10.7 Å². The van der Waals surface area contributed by atoms with Crippen molar-refractivity contribution in [3.63, 3.8) is 0 Å². The first-order valence-electron chi connectivity index (χ1n) is 1.97. The van der Waals surface area contributed by atoms with Crippen LogP contribution in [0.3, 0.4) is 0 Å². The molecule has 0 fully saturated rings. The lowest BCUT2D eigenvalue weighted by Crippen LogP contribution is -2.23. The number of halogens is 1. The Balaban J connectivity index is 3.29. The SMILES string of the molecule is CCN=C(N)NBr. The van der Waals surface area contributed by atoms with Crippen LogP contribution in [0.15, 0.2) is 4.99 Å². The molecular formula is C3H8BrN3. The minimum Gasteiger partial charge on any atom is -0.369 e. The molecule has 0 bridgehead atoms. The summed E-state index contributed by atoms with van der Waals surface area (Å²) < 4.78 is 2.51. The van der Waals surface area contributed by atoms with Crippen molar-refractivity contribution in [1.29, 1.82) is 0 Å². The molecule has 0 aliphatic heterocycles. The van der Waals surface area contributed by atoms with E-state index in [-0.39, 0.29) is 0 Å². The third kappa shape index (κ3) is 3.58. The fourth-order valence-corrected chi connectivity index (χ4v) is 0.326. The van der Waals surface area contributed by atoms with Crippen LogP contribution in [0.25, 0.3) is 0 Å². The molecule has 0 aromatic heterocycles. The van der Waals surface area contributed by atoms with Gasteiger partial charge in [-0.25, -0.2) is 0 Å². The summed E-state index contributed by atoms with van der Waals surface area (Å²) >= 11 is 2.91. The quantitative estimate of drug-likeness (QED) is 0.332. The van der Waals surface area contributed by atoms with Gasteiger partial charge in [0, 0.05) is 22.7 Å². The fraction of sp³-hybridized carbons (Fsp3) is 0.667. The minimum atomic E-state index is 0.419. The first kappa shape index (κ1) is 6.75. The Bertz CT molecular complexity index is 70.6. The maximum atomic E-state index is 5.18. The van der Waals surface area contributed by atoms with E-state index in [2.05, 4.69) is 25.5 Å². The highest BCUT2D eigenvalue weighted by molar-refractivity contribution is 9.08. The standard InChI is InChI=1S/C3H8BrN3/c1-2-6-3(5)7-4/h2H2,1H3,(H3,5,6,7). The summed E-state index contributed by atoms with van der Waals surface area (Å²) in [4.78, 5) is 3.78. The van der Waals surface area contributed by atoms with E-state index < -0.39 is 0 Å². The number of aliphatic imine (C=N–C) groups is 1. The van der Waals surface area contributed by atoms with Crippen LogP contribution in [-0.4, -0.2) is 12.5 Å². The molecule has 0 rings (SSSR count). The number of rotatable bonds is 1. The van der Waals surface area contributed by atoms with Gasteiger partial charge in [-0.15, -0.1) is 0 Å². The average Bonchev–Trinajstić information content (AvgIpc) is 1.68. The molecule has 0 atom stereocenters. The van der Waals surface area contributed by atoms with Gasteiger partial charge in [-0.3, -0.25) is 9.34 Å². The van der Waals surface area contributed by atoms with Crippen molar-refractivity contribution in [3.05, 3.63) is 0 Å². The lowest BCUT2D eigenvalue weighted by Gasteiger charge is -1.90. The van der Waals surface area contributed by atoms with Crippen LogP contribution >= 0.6 is 16.1 Å². The van der Waals surface area contributed by atoms with Crippen LogP contribution in [0.4, 0.5) is 0 Å². The second kappa shape index (κ2) is 3.92. The third-order valence-electron chi connectivity index (χ3n) is 0.425. The van der Waals surface area contributed by atoms with Crippen molar-refractivity contribution in [2.75, 3.05) is 6.54 Å². The van der Waals surface area contributed by atoms with Gasteiger partial charge in [-0.05, 0) is 6.92 Å². The van der Waals surface area contributed by atoms with Crippen LogP contribution in [0.5, 0.6) is 0 Å². The summed E-state index contributed by atoms with van der Waals surface area (Å²) in [6.07, 6.45) is 0. The highest BCUT2D eigenvalue weighted by atomic mass is 79.9. The van der Waals surface area contributed by atoms with Gasteiger partial charge in [0.05, 0.1) is 0 Å². The molecule has 0 saturated carbocycles. The molecule has 3 N–H and O–H groups in total. The van der Waals surface area contributed by atoms with Crippen LogP contribution in [0, 0.1) is 0 Å². The van der Waals surface area contributed by atoms with Crippen LogP contribution in [-0.2, 0) is 0 Å². The predicted molar refractivity (Wildman–Crippen MR) is 34.2 cm³/mol. The van der Waals surface area contributed by atoms with Crippen molar-refractivity contribution in [2.45, 2.75) is 6.92 Å². The molecule has 0 unspecified atom stereocenters. The van der Waals surface area contributed by atoms with Gasteiger partial charge in [0.15, 0.2) is 5.96 Å². The summed E-state index contributed by atoms with van der Waals surface area (Å²) in [5.41, 5.74) is 5.18. The fourth-order valence-electron chi connectivity index (χ4n) is 0.200. The second-order valence-electron chi connectivity index (χ2n) is 0.954. The Hall–Kier alpha value is -0.250. The molecule has 3 nitrogen and oxygen atoms in total. The molecule has 0 aromatic carbocycles. The molecule has 4 heteroatoms. The summed E-state index contributed by atoms with van der Waals surface area (Å²) in [5, 5.41) is 0. The van der Waals surface area contributed by atoms with E-state index in [4.69, 9.17) is 5.73 Å². The molecule has 0 spiro atoms. The number of guanidine groups is 1. The average molecular weight is 166 g/mol. The Morgan fingerprint density at radius 2 is 2.57 bits per heavy atom. The monoisotopic (exact) mass is 165 g/mol. The lowest BCUT2D eigenvalue weighted by molar-refractivity contribution is 1.11. The van der Waals surface area contributed by atoms with Crippen molar-refractivity contribution in [3.8, 4) is 0 Å². The first-order valence-corrected chi connectivity index (χ1v) is 2.77. The van der Waals surface area contributed by atoms with Crippen molar-refractivity contribution < 1.29 is 0 Å². The summed E-state index contributed by atoms with van der Waals surface area (Å²) in [6, 6.07) is 0. The van der Waals surface area contributed by atoms with E-state index in [0.717, 1.165) is 0 Å². The first-order chi connectivity index (χ1) is 3.31. The van der Waals surface area contributed by atoms with Gasteiger partial charge in [0.25, 0.3) is 0 Å². The van der Waals surface area contributed by atoms with E-state index in [9.17, 15) is 0 Å². The molecule has 0 aliphatic carbocycles. The van der Waals surface area contributed by atoms with Gasteiger partial charge in [0.2, 0.25) is 0 Å². The number of nitrogens with two attached hydrogens (primary N) is 1. The number of nitrogens with one attached hydrogen (secondary N) is 1. The van der Waals surface area contributed by atoms with Gasteiger partial charge < -0.3 is 5.73 Å². The normalized spacial score (nSPS) is 11.4. The Morgan fingerprint density at radius 3 is 2.71 bits per heavy atom. The topological polar surface area (TPSA) is 50.4 Å². The molecule has 0 saturated heterocycles. The van der Waals surface area contributed by atoms with Gasteiger partial charge in [-0.2, -0.15) is 0 Å². The van der Waals surface area contributed by atoms with E-state index in [1.807, 2.05) is 6.92 Å². The van der Waals surface area contributed by atoms with Crippen LogP contribution in [0.2, 0.25) is 0 Å². The van der Waals surface area contributed by atoms with Crippen LogP contribution < -0.4 is 10.1 Å². The van der Waals surface area contributed by atoms with Gasteiger partial charge in [-0.1, -0.05) is 0 Å². The largest absolute Gasteiger partial charge is 0.369 e. The molecular weight excluding hydrogens is 158 g/mol. The van der Waals surface area contributed by atoms with Gasteiger partial charge >= 0.3 is 0 Å². The molecule has 0 aliphatic rings. The van der Waals surface area contributed by atoms with E-state index in [0.29, 0.717) is 12.5 Å². The Kier molecular flexibility index (Phi) is 3.78. The number of hydrogen-bond acceptors (Lipinski definition) is 1. The lowest BCUT2D eigenvalue weighted by atomic mass is 10.8. The summed E-state index contributed by atoms with van der Waals surface area (Å²) in [6.45, 7) is 2.63. The second-order valence-corrected chi connectivity index (χ2v) is 1.35. The van der Waals surface area contributed by atoms with Crippen LogP contribution in [0.1, 0.15) is 6.92 Å². The Labute approximate surface area is 51.3 Å². The highest BCUT2D eigenvalue weighted by Crippen LogP contribution is 1.68. The molecule has 42 valence electrons. The molecule has 0 amide bonds. The maximum Gasteiger partial charge on any atom is 0.198 e. The smallest absolute Gasteiger partial charge is 0.198 e.